The van der Waals surface area contributed by atoms with Crippen molar-refractivity contribution in [2.24, 2.45) is 0 Å². The summed E-state index contributed by atoms with van der Waals surface area (Å²) in [6.45, 7) is 5.42. The fourth-order valence-electron chi connectivity index (χ4n) is 4.89. The average molecular weight is 479 g/mol. The first kappa shape index (κ1) is 24.4. The highest BCUT2D eigenvalue weighted by Gasteiger charge is 2.37. The van der Waals surface area contributed by atoms with Gasteiger partial charge in [0.05, 0.1) is 5.56 Å². The molecule has 184 valence electrons. The Morgan fingerprint density at radius 1 is 1.09 bits per heavy atom. The zero-order chi connectivity index (χ0) is 24.3. The molecule has 2 aromatic rings. The molecule has 0 spiro atoms. The van der Waals surface area contributed by atoms with Gasteiger partial charge in [-0.1, -0.05) is 0 Å². The van der Waals surface area contributed by atoms with Crippen LogP contribution in [0.5, 0.6) is 0 Å². The first-order valence-corrected chi connectivity index (χ1v) is 11.8. The van der Waals surface area contributed by atoms with Crippen molar-refractivity contribution in [3.8, 4) is 0 Å². The third-order valence-corrected chi connectivity index (χ3v) is 6.56. The van der Waals surface area contributed by atoms with Gasteiger partial charge in [-0.25, -0.2) is 9.37 Å². The molecule has 0 radical (unpaired) electrons. The van der Waals surface area contributed by atoms with Gasteiger partial charge in [-0.05, 0) is 95.1 Å². The molecule has 2 aliphatic rings. The van der Waals surface area contributed by atoms with Crippen molar-refractivity contribution < 1.29 is 22.4 Å². The number of hydrogen-bond donors (Lipinski definition) is 0. The summed E-state index contributed by atoms with van der Waals surface area (Å²) in [7, 11) is 0. The number of aryl methyl sites for hydroxylation is 1. The van der Waals surface area contributed by atoms with Crippen molar-refractivity contribution in [2.75, 3.05) is 42.5 Å². The normalized spacial score (nSPS) is 19.1. The summed E-state index contributed by atoms with van der Waals surface area (Å²) in [5.41, 5.74) is 0.0749. The van der Waals surface area contributed by atoms with Crippen LogP contribution in [0, 0.1) is 12.7 Å². The van der Waals surface area contributed by atoms with Crippen LogP contribution < -0.4 is 9.80 Å². The molecule has 0 aliphatic carbocycles. The summed E-state index contributed by atoms with van der Waals surface area (Å²) in [6, 6.07) is 7.21. The van der Waals surface area contributed by atoms with E-state index in [9.17, 15) is 22.4 Å². The van der Waals surface area contributed by atoms with Gasteiger partial charge < -0.3 is 14.7 Å². The molecule has 1 aromatic carbocycles. The van der Waals surface area contributed by atoms with Crippen LogP contribution in [0.3, 0.4) is 0 Å². The van der Waals surface area contributed by atoms with E-state index in [4.69, 9.17) is 0 Å². The number of benzene rings is 1. The van der Waals surface area contributed by atoms with Crippen molar-refractivity contribution in [1.29, 1.82) is 0 Å². The molecule has 1 aromatic heterocycles. The number of halogens is 4. The topological polar surface area (TPSA) is 39.7 Å². The van der Waals surface area contributed by atoms with Crippen molar-refractivity contribution in [3.63, 3.8) is 0 Å². The number of rotatable bonds is 7. The zero-order valence-electron chi connectivity index (χ0n) is 19.3. The molecule has 1 amide bonds. The van der Waals surface area contributed by atoms with Gasteiger partial charge in [-0.2, -0.15) is 13.2 Å². The van der Waals surface area contributed by atoms with Gasteiger partial charge in [0, 0.05) is 24.5 Å². The molecule has 1 atom stereocenters. The summed E-state index contributed by atoms with van der Waals surface area (Å²) in [4.78, 5) is 23.8. The second kappa shape index (κ2) is 10.3. The monoisotopic (exact) mass is 478 g/mol. The van der Waals surface area contributed by atoms with Crippen LogP contribution in [0.1, 0.15) is 43.4 Å². The maximum Gasteiger partial charge on any atom is 0.416 e. The van der Waals surface area contributed by atoms with E-state index in [0.717, 1.165) is 38.2 Å². The average Bonchev–Trinajstić information content (AvgIpc) is 3.48. The Balaban J connectivity index is 1.57. The summed E-state index contributed by atoms with van der Waals surface area (Å²) in [5, 5.41) is 0. The molecule has 2 fully saturated rings. The molecule has 0 bridgehead atoms. The SMILES string of the molecule is Cc1cc(C(F)(F)F)cc(N2CCC[C@H]2C(=O)N(CCCN2CCCC2)c2ccc(F)cc2)n1. The number of carbonyl (C=O) groups excluding carboxylic acids is 1. The fourth-order valence-corrected chi connectivity index (χ4v) is 4.89. The summed E-state index contributed by atoms with van der Waals surface area (Å²) in [5.74, 6) is -0.416. The molecule has 3 heterocycles. The minimum atomic E-state index is -4.49. The van der Waals surface area contributed by atoms with Crippen LogP contribution in [-0.2, 0) is 11.0 Å². The Labute approximate surface area is 197 Å². The van der Waals surface area contributed by atoms with Gasteiger partial charge in [-0.15, -0.1) is 0 Å². The standard InChI is InChI=1S/C25H30F4N4O/c1-18-16-19(25(27,28)29)17-23(30-18)33-14-4-6-22(33)24(34)32(21-9-7-20(26)8-10-21)15-5-13-31-11-2-3-12-31/h7-10,16-17,22H,2-6,11-15H2,1H3/t22-/m0/s1. The highest BCUT2D eigenvalue weighted by molar-refractivity contribution is 5.99. The molecule has 34 heavy (non-hydrogen) atoms. The number of pyridine rings is 1. The molecule has 2 aliphatic heterocycles. The quantitative estimate of drug-likeness (QED) is 0.523. The van der Waals surface area contributed by atoms with Gasteiger partial charge in [0.25, 0.3) is 0 Å². The van der Waals surface area contributed by atoms with Crippen LogP contribution in [0.4, 0.5) is 29.1 Å². The molecule has 4 rings (SSSR count). The van der Waals surface area contributed by atoms with Gasteiger partial charge >= 0.3 is 6.18 Å². The molecule has 2 saturated heterocycles. The molecule has 0 unspecified atom stereocenters. The van der Waals surface area contributed by atoms with Crippen LogP contribution in [0.15, 0.2) is 36.4 Å². The lowest BCUT2D eigenvalue weighted by Crippen LogP contribution is -2.47. The Hall–Kier alpha value is -2.68. The fraction of sp³-hybridized carbons (Fsp3) is 0.520. The number of alkyl halides is 3. The lowest BCUT2D eigenvalue weighted by Gasteiger charge is -2.32. The number of carbonyl (C=O) groups is 1. The molecular weight excluding hydrogens is 448 g/mol. The van der Waals surface area contributed by atoms with Crippen LogP contribution in [0.25, 0.3) is 0 Å². The van der Waals surface area contributed by atoms with Gasteiger partial charge in [0.1, 0.15) is 17.7 Å². The maximum atomic E-state index is 13.7. The number of hydrogen-bond acceptors (Lipinski definition) is 4. The Kier molecular flexibility index (Phi) is 7.40. The largest absolute Gasteiger partial charge is 0.416 e. The van der Waals surface area contributed by atoms with Gasteiger partial charge in [0.15, 0.2) is 0 Å². The smallest absolute Gasteiger partial charge is 0.345 e. The van der Waals surface area contributed by atoms with Crippen LogP contribution in [-0.4, -0.2) is 54.6 Å². The van der Waals surface area contributed by atoms with Crippen molar-refractivity contribution >= 4 is 17.4 Å². The molecule has 0 N–H and O–H groups in total. The Bertz CT molecular complexity index is 989. The van der Waals surface area contributed by atoms with Gasteiger partial charge in [-0.3, -0.25) is 4.79 Å². The third kappa shape index (κ3) is 5.68. The minimum Gasteiger partial charge on any atom is -0.345 e. The van der Waals surface area contributed by atoms with Gasteiger partial charge in [0.2, 0.25) is 5.91 Å². The zero-order valence-corrected chi connectivity index (χ0v) is 19.3. The number of amides is 1. The van der Waals surface area contributed by atoms with E-state index in [1.807, 2.05) is 0 Å². The number of nitrogens with zero attached hydrogens (tertiary/aromatic N) is 4. The highest BCUT2D eigenvalue weighted by atomic mass is 19.4. The van der Waals surface area contributed by atoms with Crippen molar-refractivity contribution in [3.05, 3.63) is 53.5 Å². The van der Waals surface area contributed by atoms with E-state index >= 15 is 0 Å². The molecule has 0 saturated carbocycles. The number of likely N-dealkylation sites (tertiary alicyclic amines) is 1. The van der Waals surface area contributed by atoms with E-state index in [1.54, 1.807) is 21.9 Å². The second-order valence-corrected chi connectivity index (χ2v) is 9.07. The summed E-state index contributed by atoms with van der Waals surface area (Å²) < 4.78 is 53.7. The lowest BCUT2D eigenvalue weighted by atomic mass is 10.1. The van der Waals surface area contributed by atoms with E-state index in [0.29, 0.717) is 31.6 Å². The van der Waals surface area contributed by atoms with E-state index in [2.05, 4.69) is 9.88 Å². The summed E-state index contributed by atoms with van der Waals surface area (Å²) in [6.07, 6.45) is -0.158. The first-order valence-electron chi connectivity index (χ1n) is 11.8. The molecular formula is C25H30F4N4O. The third-order valence-electron chi connectivity index (χ3n) is 6.56. The number of aromatic nitrogens is 1. The lowest BCUT2D eigenvalue weighted by molar-refractivity contribution is -0.137. The molecule has 9 heteroatoms. The van der Waals surface area contributed by atoms with Crippen molar-refractivity contribution in [1.82, 2.24) is 9.88 Å². The molecule has 5 nitrogen and oxygen atoms in total. The highest BCUT2D eigenvalue weighted by Crippen LogP contribution is 2.34. The first-order chi connectivity index (χ1) is 16.2. The van der Waals surface area contributed by atoms with E-state index < -0.39 is 17.8 Å². The van der Waals surface area contributed by atoms with Crippen LogP contribution in [0.2, 0.25) is 0 Å². The minimum absolute atomic E-state index is 0.166. The Morgan fingerprint density at radius 2 is 1.79 bits per heavy atom. The maximum absolute atomic E-state index is 13.7. The predicted molar refractivity (Wildman–Crippen MR) is 123 cm³/mol. The Morgan fingerprint density at radius 3 is 2.47 bits per heavy atom. The predicted octanol–water partition coefficient (Wildman–Crippen LogP) is 5.04. The second-order valence-electron chi connectivity index (χ2n) is 9.07. The van der Waals surface area contributed by atoms with E-state index in [-0.39, 0.29) is 23.2 Å². The number of anilines is 2. The van der Waals surface area contributed by atoms with Crippen LogP contribution >= 0.6 is 0 Å². The van der Waals surface area contributed by atoms with E-state index in [1.165, 1.54) is 31.9 Å². The summed E-state index contributed by atoms with van der Waals surface area (Å²) >= 11 is 0. The van der Waals surface area contributed by atoms with Crippen molar-refractivity contribution in [2.45, 2.75) is 51.2 Å².